The SMILES string of the molecule is CCOc1ccc(C(=O)Nc2cc(-c3cccc(C)c3)nn2-c2ccccc2)cc1. The molecule has 0 atom stereocenters. The monoisotopic (exact) mass is 397 g/mol. The van der Waals surface area contributed by atoms with Gasteiger partial charge in [-0.3, -0.25) is 4.79 Å². The van der Waals surface area contributed by atoms with E-state index >= 15 is 0 Å². The summed E-state index contributed by atoms with van der Waals surface area (Å²) in [6.45, 7) is 4.56. The number of rotatable bonds is 6. The molecule has 0 fully saturated rings. The Morgan fingerprint density at radius 2 is 1.73 bits per heavy atom. The smallest absolute Gasteiger partial charge is 0.256 e. The lowest BCUT2D eigenvalue weighted by molar-refractivity contribution is 0.102. The van der Waals surface area contributed by atoms with Gasteiger partial charge in [-0.15, -0.1) is 0 Å². The Bertz CT molecular complexity index is 1150. The van der Waals surface area contributed by atoms with Crippen LogP contribution in [-0.2, 0) is 0 Å². The Labute approximate surface area is 175 Å². The van der Waals surface area contributed by atoms with Crippen LogP contribution in [-0.4, -0.2) is 22.3 Å². The van der Waals surface area contributed by atoms with Crippen molar-refractivity contribution in [1.29, 1.82) is 0 Å². The molecule has 0 aliphatic rings. The summed E-state index contributed by atoms with van der Waals surface area (Å²) in [7, 11) is 0. The van der Waals surface area contributed by atoms with Gasteiger partial charge in [-0.2, -0.15) is 5.10 Å². The number of carbonyl (C=O) groups excluding carboxylic acids is 1. The number of aromatic nitrogens is 2. The molecule has 150 valence electrons. The zero-order valence-corrected chi connectivity index (χ0v) is 17.0. The number of hydrogen-bond donors (Lipinski definition) is 1. The lowest BCUT2D eigenvalue weighted by atomic mass is 10.1. The number of aryl methyl sites for hydroxylation is 1. The molecule has 1 aromatic heterocycles. The molecule has 0 bridgehead atoms. The maximum Gasteiger partial charge on any atom is 0.256 e. The van der Waals surface area contributed by atoms with Crippen LogP contribution < -0.4 is 10.1 Å². The molecule has 0 saturated heterocycles. The fourth-order valence-electron chi connectivity index (χ4n) is 3.24. The standard InChI is InChI=1S/C25H23N3O2/c1-3-30-22-14-12-19(13-15-22)25(29)26-24-17-23(20-9-7-8-18(2)16-20)27-28(24)21-10-5-4-6-11-21/h4-17H,3H2,1-2H3,(H,26,29). The number of nitrogens with one attached hydrogen (secondary N) is 1. The highest BCUT2D eigenvalue weighted by molar-refractivity contribution is 6.04. The van der Waals surface area contributed by atoms with E-state index in [2.05, 4.69) is 11.4 Å². The summed E-state index contributed by atoms with van der Waals surface area (Å²) >= 11 is 0. The van der Waals surface area contributed by atoms with Crippen LogP contribution in [0, 0.1) is 6.92 Å². The van der Waals surface area contributed by atoms with E-state index in [1.807, 2.05) is 68.4 Å². The lowest BCUT2D eigenvalue weighted by Crippen LogP contribution is -2.15. The molecule has 5 heteroatoms. The molecule has 0 radical (unpaired) electrons. The summed E-state index contributed by atoms with van der Waals surface area (Å²) in [5.74, 6) is 1.15. The molecule has 4 aromatic rings. The van der Waals surface area contributed by atoms with Crippen molar-refractivity contribution in [2.24, 2.45) is 0 Å². The molecule has 3 aromatic carbocycles. The first-order valence-corrected chi connectivity index (χ1v) is 9.91. The van der Waals surface area contributed by atoms with Gasteiger partial charge in [0.2, 0.25) is 0 Å². The number of ether oxygens (including phenoxy) is 1. The maximum atomic E-state index is 12.9. The molecule has 1 heterocycles. The van der Waals surface area contributed by atoms with Gasteiger partial charge in [-0.05, 0) is 56.3 Å². The first-order valence-electron chi connectivity index (χ1n) is 9.91. The van der Waals surface area contributed by atoms with Crippen molar-refractivity contribution in [3.63, 3.8) is 0 Å². The average molecular weight is 397 g/mol. The quantitative estimate of drug-likeness (QED) is 0.467. The molecular formula is C25H23N3O2. The van der Waals surface area contributed by atoms with Crippen molar-refractivity contribution < 1.29 is 9.53 Å². The zero-order valence-electron chi connectivity index (χ0n) is 17.0. The second-order valence-electron chi connectivity index (χ2n) is 6.94. The van der Waals surface area contributed by atoms with Gasteiger partial charge >= 0.3 is 0 Å². The van der Waals surface area contributed by atoms with Crippen LogP contribution in [0.15, 0.2) is 84.9 Å². The Morgan fingerprint density at radius 1 is 0.967 bits per heavy atom. The van der Waals surface area contributed by atoms with E-state index in [4.69, 9.17) is 9.84 Å². The van der Waals surface area contributed by atoms with Crippen LogP contribution in [0.4, 0.5) is 5.82 Å². The van der Waals surface area contributed by atoms with Crippen LogP contribution in [0.5, 0.6) is 5.75 Å². The van der Waals surface area contributed by atoms with E-state index in [1.54, 1.807) is 28.9 Å². The number of benzene rings is 3. The highest BCUT2D eigenvalue weighted by Crippen LogP contribution is 2.26. The Kier molecular flexibility index (Phi) is 5.61. The van der Waals surface area contributed by atoms with Gasteiger partial charge < -0.3 is 10.1 Å². The summed E-state index contributed by atoms with van der Waals surface area (Å²) in [4.78, 5) is 12.9. The largest absolute Gasteiger partial charge is 0.494 e. The topological polar surface area (TPSA) is 56.1 Å². The van der Waals surface area contributed by atoms with Crippen LogP contribution in [0.1, 0.15) is 22.8 Å². The molecule has 0 aliphatic heterocycles. The number of para-hydroxylation sites is 1. The summed E-state index contributed by atoms with van der Waals surface area (Å²) in [6.07, 6.45) is 0. The highest BCUT2D eigenvalue weighted by atomic mass is 16.5. The lowest BCUT2D eigenvalue weighted by Gasteiger charge is -2.09. The fraction of sp³-hybridized carbons (Fsp3) is 0.120. The highest BCUT2D eigenvalue weighted by Gasteiger charge is 2.15. The number of hydrogen-bond acceptors (Lipinski definition) is 3. The molecule has 1 N–H and O–H groups in total. The molecule has 0 saturated carbocycles. The van der Waals surface area contributed by atoms with Crippen molar-refractivity contribution in [2.45, 2.75) is 13.8 Å². The third-order valence-electron chi connectivity index (χ3n) is 4.69. The van der Waals surface area contributed by atoms with E-state index in [-0.39, 0.29) is 5.91 Å². The van der Waals surface area contributed by atoms with Crippen LogP contribution in [0.3, 0.4) is 0 Å². The van der Waals surface area contributed by atoms with Gasteiger partial charge in [-0.25, -0.2) is 4.68 Å². The summed E-state index contributed by atoms with van der Waals surface area (Å²) in [6, 6.07) is 26.9. The summed E-state index contributed by atoms with van der Waals surface area (Å²) in [5.41, 5.74) is 4.38. The van der Waals surface area contributed by atoms with Crippen LogP contribution >= 0.6 is 0 Å². The third-order valence-corrected chi connectivity index (χ3v) is 4.69. The number of nitrogens with zero attached hydrogens (tertiary/aromatic N) is 2. The van der Waals surface area contributed by atoms with Crippen molar-refractivity contribution in [3.8, 4) is 22.7 Å². The van der Waals surface area contributed by atoms with Gasteiger partial charge in [0.15, 0.2) is 0 Å². The average Bonchev–Trinajstić information content (AvgIpc) is 3.19. The van der Waals surface area contributed by atoms with Gasteiger partial charge in [-0.1, -0.05) is 42.0 Å². The molecule has 4 rings (SSSR count). The Balaban J connectivity index is 1.68. The molecule has 30 heavy (non-hydrogen) atoms. The predicted octanol–water partition coefficient (Wildman–Crippen LogP) is 5.50. The summed E-state index contributed by atoms with van der Waals surface area (Å²) < 4.78 is 7.21. The van der Waals surface area contributed by atoms with Gasteiger partial charge in [0.25, 0.3) is 5.91 Å². The number of amides is 1. The first kappa shape index (κ1) is 19.5. The Hall–Kier alpha value is -3.86. The van der Waals surface area contributed by atoms with Gasteiger partial charge in [0.1, 0.15) is 11.6 Å². The second-order valence-corrected chi connectivity index (χ2v) is 6.94. The first-order chi connectivity index (χ1) is 14.6. The van der Waals surface area contributed by atoms with Crippen molar-refractivity contribution in [2.75, 3.05) is 11.9 Å². The minimum Gasteiger partial charge on any atom is -0.494 e. The van der Waals surface area contributed by atoms with Crippen molar-refractivity contribution in [3.05, 3.63) is 96.1 Å². The third kappa shape index (κ3) is 4.25. The minimum absolute atomic E-state index is 0.203. The normalized spacial score (nSPS) is 10.6. The summed E-state index contributed by atoms with van der Waals surface area (Å²) in [5, 5.41) is 7.76. The van der Waals surface area contributed by atoms with Crippen molar-refractivity contribution in [1.82, 2.24) is 9.78 Å². The Morgan fingerprint density at radius 3 is 2.43 bits per heavy atom. The second kappa shape index (κ2) is 8.66. The minimum atomic E-state index is -0.203. The van der Waals surface area contributed by atoms with Crippen molar-refractivity contribution >= 4 is 11.7 Å². The molecular weight excluding hydrogens is 374 g/mol. The van der Waals surface area contributed by atoms with E-state index < -0.39 is 0 Å². The molecule has 1 amide bonds. The number of carbonyl (C=O) groups is 1. The van der Waals surface area contributed by atoms with E-state index in [0.29, 0.717) is 18.0 Å². The van der Waals surface area contributed by atoms with E-state index in [9.17, 15) is 4.79 Å². The maximum absolute atomic E-state index is 12.9. The van der Waals surface area contributed by atoms with E-state index in [1.165, 1.54) is 0 Å². The molecule has 0 unspecified atom stereocenters. The van der Waals surface area contributed by atoms with Crippen LogP contribution in [0.25, 0.3) is 16.9 Å². The fourth-order valence-corrected chi connectivity index (χ4v) is 3.24. The number of anilines is 1. The zero-order chi connectivity index (χ0) is 20.9. The van der Waals surface area contributed by atoms with E-state index in [0.717, 1.165) is 28.3 Å². The predicted molar refractivity (Wildman–Crippen MR) is 119 cm³/mol. The molecule has 0 aliphatic carbocycles. The molecule has 0 spiro atoms. The van der Waals surface area contributed by atoms with Gasteiger partial charge in [0, 0.05) is 17.2 Å². The van der Waals surface area contributed by atoms with Gasteiger partial charge in [0.05, 0.1) is 18.0 Å². The van der Waals surface area contributed by atoms with Crippen LogP contribution in [0.2, 0.25) is 0 Å². The molecule has 5 nitrogen and oxygen atoms in total.